The summed E-state index contributed by atoms with van der Waals surface area (Å²) in [6.07, 6.45) is 15.9. The highest BCUT2D eigenvalue weighted by Gasteiger charge is 2.42. The smallest absolute Gasteiger partial charge is 0.261 e. The van der Waals surface area contributed by atoms with Crippen molar-refractivity contribution < 1.29 is 14.4 Å². The van der Waals surface area contributed by atoms with Gasteiger partial charge in [-0.3, -0.25) is 14.4 Å². The largest absolute Gasteiger partial charge is 0.349 e. The highest BCUT2D eigenvalue weighted by Crippen LogP contribution is 2.61. The Balaban J connectivity index is 0.00000134. The molecule has 1 saturated heterocycles. The molecule has 1 aromatic rings. The van der Waals surface area contributed by atoms with Gasteiger partial charge in [0.2, 0.25) is 0 Å². The van der Waals surface area contributed by atoms with E-state index in [4.69, 9.17) is 0 Å². The number of terminal acetylenes is 1. The van der Waals surface area contributed by atoms with Gasteiger partial charge in [-0.2, -0.15) is 0 Å². The van der Waals surface area contributed by atoms with E-state index in [1.807, 2.05) is 31.4 Å². The Morgan fingerprint density at radius 3 is 2.06 bits per heavy atom. The van der Waals surface area contributed by atoms with Crippen molar-refractivity contribution in [3.05, 3.63) is 28.0 Å². The number of hydrogen-bond acceptors (Lipinski definition) is 4. The van der Waals surface area contributed by atoms with Crippen LogP contribution in [0.4, 0.5) is 5.69 Å². The van der Waals surface area contributed by atoms with E-state index in [0.29, 0.717) is 34.8 Å². The molecule has 36 heavy (non-hydrogen) atoms. The Morgan fingerprint density at radius 2 is 1.58 bits per heavy atom. The number of Topliss-reactive ketones (excluding diaryl/α,β-unsaturated/α-hetero) is 1. The first-order chi connectivity index (χ1) is 16.8. The highest BCUT2D eigenvalue weighted by molar-refractivity contribution is 7.77. The van der Waals surface area contributed by atoms with Crippen molar-refractivity contribution in [2.24, 2.45) is 5.41 Å². The number of amides is 2. The molecule has 0 bridgehead atoms. The van der Waals surface area contributed by atoms with Crippen molar-refractivity contribution in [3.8, 4) is 12.3 Å². The fourth-order valence-electron chi connectivity index (χ4n) is 3.73. The number of aryl methyl sites for hydroxylation is 1. The molecule has 0 spiro atoms. The van der Waals surface area contributed by atoms with Crippen molar-refractivity contribution >= 4 is 41.9 Å². The Labute approximate surface area is 224 Å². The van der Waals surface area contributed by atoms with Crippen molar-refractivity contribution in [3.63, 3.8) is 0 Å². The van der Waals surface area contributed by atoms with Gasteiger partial charge in [-0.1, -0.05) is 39.8 Å². The van der Waals surface area contributed by atoms with Crippen LogP contribution in [-0.4, -0.2) is 48.8 Å². The third-order valence-electron chi connectivity index (χ3n) is 5.18. The SMILES string of the molecule is C#CC.C/C=C\CNC(=O)C[P+]1(CC(=O)Nc2c(C)csc2C(C)=O)CCCCCC1.CC(C)(C)C. The first-order valence-corrected chi connectivity index (χ1v) is 16.2. The maximum Gasteiger partial charge on any atom is 0.261 e. The van der Waals surface area contributed by atoms with Crippen LogP contribution in [-0.2, 0) is 9.59 Å². The molecule has 2 heterocycles. The zero-order valence-corrected chi connectivity index (χ0v) is 25.5. The monoisotopic (exact) mass is 535 g/mol. The van der Waals surface area contributed by atoms with E-state index in [1.54, 1.807) is 6.92 Å². The topological polar surface area (TPSA) is 75.3 Å². The molecule has 0 aromatic carbocycles. The molecule has 0 aliphatic carbocycles. The van der Waals surface area contributed by atoms with E-state index in [9.17, 15) is 14.4 Å². The minimum absolute atomic E-state index is 0.0317. The summed E-state index contributed by atoms with van der Waals surface area (Å²) in [6.45, 7) is 16.3. The maximum atomic E-state index is 12.9. The van der Waals surface area contributed by atoms with E-state index >= 15 is 0 Å². The van der Waals surface area contributed by atoms with Gasteiger partial charge in [-0.05, 0) is 62.8 Å². The lowest BCUT2D eigenvalue weighted by molar-refractivity contribution is -0.118. The lowest BCUT2D eigenvalue weighted by Gasteiger charge is -2.25. The fourth-order valence-corrected chi connectivity index (χ4v) is 8.80. The standard InChI is InChI=1S/C21H31N2O3PS.C5H12.C3H4/c1-4-5-10-22-18(25)13-27(11-8-6-7-9-12-27)14-19(26)23-20-16(2)15-28-21(20)17(3)24;1-5(2,3)4;1-3-2/h4-5,15H,6-14H2,1-3H3,(H-,22,23,24,25,26);1-4H3;1H,2H3/p+1/b5-4-;;. The zero-order valence-electron chi connectivity index (χ0n) is 23.8. The number of carbonyl (C=O) groups is 3. The van der Waals surface area contributed by atoms with Gasteiger partial charge in [-0.25, -0.2) is 0 Å². The summed E-state index contributed by atoms with van der Waals surface area (Å²) in [5.41, 5.74) is 2.06. The number of nitrogens with one attached hydrogen (secondary N) is 2. The van der Waals surface area contributed by atoms with E-state index < -0.39 is 7.26 Å². The molecule has 7 heteroatoms. The van der Waals surface area contributed by atoms with Crippen LogP contribution in [0.1, 0.15) is 89.4 Å². The molecule has 0 atom stereocenters. The molecule has 1 fully saturated rings. The van der Waals surface area contributed by atoms with Crippen molar-refractivity contribution in [2.45, 2.75) is 81.1 Å². The summed E-state index contributed by atoms with van der Waals surface area (Å²) < 4.78 is 0. The van der Waals surface area contributed by atoms with Crippen LogP contribution in [0.2, 0.25) is 0 Å². The third-order valence-corrected chi connectivity index (χ3v) is 10.8. The van der Waals surface area contributed by atoms with Gasteiger partial charge in [0, 0.05) is 20.7 Å². The van der Waals surface area contributed by atoms with Gasteiger partial charge in [0.05, 0.1) is 22.9 Å². The Kier molecular flexibility index (Phi) is 16.5. The van der Waals surface area contributed by atoms with Crippen LogP contribution in [0.15, 0.2) is 17.5 Å². The van der Waals surface area contributed by atoms with Gasteiger partial charge in [0.1, 0.15) is 12.3 Å². The number of ketones is 1. The van der Waals surface area contributed by atoms with Crippen molar-refractivity contribution in [1.82, 2.24) is 5.32 Å². The van der Waals surface area contributed by atoms with Crippen molar-refractivity contribution in [1.29, 1.82) is 0 Å². The minimum Gasteiger partial charge on any atom is -0.349 e. The maximum absolute atomic E-state index is 12.9. The molecule has 2 rings (SSSR count). The molecule has 1 aromatic heterocycles. The molecular formula is C29H48N2O3PS+. The average molecular weight is 536 g/mol. The molecule has 0 radical (unpaired) electrons. The van der Waals surface area contributed by atoms with Gasteiger partial charge >= 0.3 is 0 Å². The molecule has 5 nitrogen and oxygen atoms in total. The fraction of sp³-hybridized carbons (Fsp3) is 0.621. The van der Waals surface area contributed by atoms with Gasteiger partial charge in [0.25, 0.3) is 11.8 Å². The van der Waals surface area contributed by atoms with E-state index in [1.165, 1.54) is 31.1 Å². The predicted octanol–water partition coefficient (Wildman–Crippen LogP) is 7.17. The number of carbonyl (C=O) groups excluding carboxylic acids is 3. The second-order valence-corrected chi connectivity index (χ2v) is 16.0. The summed E-state index contributed by atoms with van der Waals surface area (Å²) in [4.78, 5) is 37.9. The van der Waals surface area contributed by atoms with E-state index in [2.05, 4.69) is 50.7 Å². The average Bonchev–Trinajstić information content (AvgIpc) is 2.95. The van der Waals surface area contributed by atoms with Crippen molar-refractivity contribution in [2.75, 3.05) is 36.5 Å². The summed E-state index contributed by atoms with van der Waals surface area (Å²) in [6, 6.07) is 0. The molecule has 0 unspecified atom stereocenters. The molecule has 0 saturated carbocycles. The molecule has 1 aliphatic heterocycles. The number of rotatable bonds is 8. The Hall–Kier alpha value is -1.96. The second kappa shape index (κ2) is 17.5. The third kappa shape index (κ3) is 15.2. The van der Waals surface area contributed by atoms with E-state index in [0.717, 1.165) is 30.7 Å². The molecular weight excluding hydrogens is 487 g/mol. The normalized spacial score (nSPS) is 14.8. The van der Waals surface area contributed by atoms with Crippen LogP contribution in [0.5, 0.6) is 0 Å². The van der Waals surface area contributed by atoms with Crippen LogP contribution >= 0.6 is 18.6 Å². The first kappa shape index (κ1) is 34.0. The number of thiophene rings is 1. The number of hydrogen-bond donors (Lipinski definition) is 2. The highest BCUT2D eigenvalue weighted by atomic mass is 32.1. The number of anilines is 1. The van der Waals surface area contributed by atoms with Gasteiger partial charge in [-0.15, -0.1) is 23.7 Å². The lowest BCUT2D eigenvalue weighted by Crippen LogP contribution is -2.32. The van der Waals surface area contributed by atoms with Crippen LogP contribution in [0.25, 0.3) is 0 Å². The van der Waals surface area contributed by atoms with Crippen LogP contribution < -0.4 is 10.6 Å². The van der Waals surface area contributed by atoms with Crippen LogP contribution in [0.3, 0.4) is 0 Å². The summed E-state index contributed by atoms with van der Waals surface area (Å²) in [5, 5.41) is 7.85. The minimum atomic E-state index is -1.70. The Morgan fingerprint density at radius 1 is 1.08 bits per heavy atom. The summed E-state index contributed by atoms with van der Waals surface area (Å²) >= 11 is 1.37. The zero-order chi connectivity index (χ0) is 27.8. The quantitative estimate of drug-likeness (QED) is 0.160. The lowest BCUT2D eigenvalue weighted by atomic mass is 10.0. The predicted molar refractivity (Wildman–Crippen MR) is 160 cm³/mol. The second-order valence-electron chi connectivity index (χ2n) is 10.9. The van der Waals surface area contributed by atoms with Crippen LogP contribution in [0, 0.1) is 24.7 Å². The summed E-state index contributed by atoms with van der Waals surface area (Å²) in [5.74, 6) is 2.22. The molecule has 2 N–H and O–H groups in total. The Bertz CT molecular complexity index is 893. The molecule has 1 aliphatic rings. The van der Waals surface area contributed by atoms with Gasteiger partial charge in [0.15, 0.2) is 5.78 Å². The van der Waals surface area contributed by atoms with Gasteiger partial charge < -0.3 is 10.6 Å². The number of allylic oxidation sites excluding steroid dienone is 1. The summed E-state index contributed by atoms with van der Waals surface area (Å²) in [7, 11) is -1.70. The first-order valence-electron chi connectivity index (χ1n) is 12.8. The molecule has 202 valence electrons. The van der Waals surface area contributed by atoms with E-state index in [-0.39, 0.29) is 17.6 Å². The molecule has 2 amide bonds.